The van der Waals surface area contributed by atoms with Crippen molar-refractivity contribution >= 4 is 23.5 Å². The number of anilines is 1. The zero-order valence-corrected chi connectivity index (χ0v) is 20.4. The molecule has 6 aliphatic rings. The predicted octanol–water partition coefficient (Wildman–Crippen LogP) is 3.22. The maximum absolute atomic E-state index is 14.3. The van der Waals surface area contributed by atoms with Crippen molar-refractivity contribution in [1.29, 1.82) is 0 Å². The van der Waals surface area contributed by atoms with E-state index >= 15 is 0 Å². The number of piperidine rings is 1. The van der Waals surface area contributed by atoms with Crippen LogP contribution >= 0.6 is 0 Å². The Labute approximate surface area is 207 Å². The third-order valence-electron chi connectivity index (χ3n) is 9.81. The van der Waals surface area contributed by atoms with Crippen molar-refractivity contribution in [2.75, 3.05) is 18.0 Å². The molecule has 35 heavy (non-hydrogen) atoms. The van der Waals surface area contributed by atoms with Crippen LogP contribution in [0.1, 0.15) is 69.8 Å². The molecule has 1 saturated heterocycles. The highest BCUT2D eigenvalue weighted by Crippen LogP contribution is 2.55. The maximum Gasteiger partial charge on any atom is 0.303 e. The SMILES string of the molecule is O=C(O)CCCC(=O)N1c2ccccc2C2(CCNCC2)[C@@H]1C(=O)NC1C2CC3CC(C2)CC1C3. The second kappa shape index (κ2) is 8.91. The number of nitrogens with one attached hydrogen (secondary N) is 2. The summed E-state index contributed by atoms with van der Waals surface area (Å²) in [5, 5.41) is 16.0. The first-order valence-corrected chi connectivity index (χ1v) is 13.6. The molecule has 2 amide bonds. The molecule has 1 atom stereocenters. The summed E-state index contributed by atoms with van der Waals surface area (Å²) >= 11 is 0. The Kier molecular flexibility index (Phi) is 5.86. The topological polar surface area (TPSA) is 98.7 Å². The summed E-state index contributed by atoms with van der Waals surface area (Å²) in [7, 11) is 0. The quantitative estimate of drug-likeness (QED) is 0.582. The molecule has 0 unspecified atom stereocenters. The summed E-state index contributed by atoms with van der Waals surface area (Å²) < 4.78 is 0. The summed E-state index contributed by atoms with van der Waals surface area (Å²) in [5.74, 6) is 1.77. The van der Waals surface area contributed by atoms with Crippen LogP contribution < -0.4 is 15.5 Å². The predicted molar refractivity (Wildman–Crippen MR) is 132 cm³/mol. The Morgan fingerprint density at radius 2 is 1.63 bits per heavy atom. The minimum absolute atomic E-state index is 0.00726. The highest BCUT2D eigenvalue weighted by molar-refractivity contribution is 6.05. The van der Waals surface area contributed by atoms with Gasteiger partial charge >= 0.3 is 5.97 Å². The van der Waals surface area contributed by atoms with E-state index in [-0.39, 0.29) is 37.1 Å². The fraction of sp³-hybridized carbons (Fsp3) is 0.679. The van der Waals surface area contributed by atoms with E-state index in [0.717, 1.165) is 49.0 Å². The lowest BCUT2D eigenvalue weighted by atomic mass is 9.54. The van der Waals surface area contributed by atoms with Gasteiger partial charge in [0, 0.05) is 30.0 Å². The molecule has 1 aromatic rings. The van der Waals surface area contributed by atoms with E-state index in [0.29, 0.717) is 11.8 Å². The van der Waals surface area contributed by atoms with E-state index in [1.807, 2.05) is 18.2 Å². The van der Waals surface area contributed by atoms with Gasteiger partial charge in [-0.2, -0.15) is 0 Å². The molecule has 1 aromatic carbocycles. The van der Waals surface area contributed by atoms with Crippen LogP contribution in [0.15, 0.2) is 24.3 Å². The molecule has 188 valence electrons. The van der Waals surface area contributed by atoms with Gasteiger partial charge in [-0.3, -0.25) is 19.3 Å². The molecule has 4 bridgehead atoms. The van der Waals surface area contributed by atoms with Crippen molar-refractivity contribution in [2.45, 2.75) is 81.7 Å². The van der Waals surface area contributed by atoms with Crippen LogP contribution in [0, 0.1) is 23.7 Å². The van der Waals surface area contributed by atoms with Gasteiger partial charge in [0.2, 0.25) is 11.8 Å². The number of benzene rings is 1. The van der Waals surface area contributed by atoms with Crippen LogP contribution in [0.4, 0.5) is 5.69 Å². The van der Waals surface area contributed by atoms with Gasteiger partial charge < -0.3 is 15.7 Å². The van der Waals surface area contributed by atoms with E-state index in [9.17, 15) is 14.4 Å². The molecule has 4 aliphatic carbocycles. The number of carboxylic acids is 1. The Bertz CT molecular complexity index is 989. The zero-order chi connectivity index (χ0) is 24.2. The van der Waals surface area contributed by atoms with Gasteiger partial charge in [0.25, 0.3) is 0 Å². The number of rotatable bonds is 6. The third kappa shape index (κ3) is 3.87. The first-order chi connectivity index (χ1) is 17.0. The summed E-state index contributed by atoms with van der Waals surface area (Å²) in [6, 6.07) is 7.65. The molecule has 0 aromatic heterocycles. The van der Waals surface area contributed by atoms with Gasteiger partial charge in [0.15, 0.2) is 0 Å². The largest absolute Gasteiger partial charge is 0.481 e. The van der Waals surface area contributed by atoms with Crippen LogP contribution in [0.2, 0.25) is 0 Å². The van der Waals surface area contributed by atoms with Crippen LogP contribution in [-0.2, 0) is 19.8 Å². The molecule has 7 nitrogen and oxygen atoms in total. The molecule has 5 fully saturated rings. The molecular weight excluding hydrogens is 442 g/mol. The number of carbonyl (C=O) groups is 3. The lowest BCUT2D eigenvalue weighted by Crippen LogP contribution is -2.63. The molecule has 3 N–H and O–H groups in total. The van der Waals surface area contributed by atoms with Gasteiger partial charge in [-0.25, -0.2) is 0 Å². The first-order valence-electron chi connectivity index (χ1n) is 13.6. The highest BCUT2D eigenvalue weighted by Gasteiger charge is 2.57. The Balaban J connectivity index is 1.32. The van der Waals surface area contributed by atoms with Crippen molar-refractivity contribution < 1.29 is 19.5 Å². The number of aliphatic carboxylic acids is 1. The van der Waals surface area contributed by atoms with Gasteiger partial charge in [-0.15, -0.1) is 0 Å². The first kappa shape index (κ1) is 23.0. The number of fused-ring (bicyclic) bond motifs is 2. The number of carboxylic acid groups (broad SMARTS) is 1. The molecule has 0 radical (unpaired) electrons. The molecule has 2 aliphatic heterocycles. The zero-order valence-electron chi connectivity index (χ0n) is 20.4. The number of amides is 2. The van der Waals surface area contributed by atoms with E-state index in [1.54, 1.807) is 4.90 Å². The van der Waals surface area contributed by atoms with Gasteiger partial charge in [0.05, 0.1) is 0 Å². The van der Waals surface area contributed by atoms with Crippen molar-refractivity contribution in [3.05, 3.63) is 29.8 Å². The Morgan fingerprint density at radius 1 is 0.971 bits per heavy atom. The summed E-state index contributed by atoms with van der Waals surface area (Å²) in [6.07, 6.45) is 8.30. The molecule has 7 rings (SSSR count). The molecule has 4 saturated carbocycles. The van der Waals surface area contributed by atoms with E-state index in [2.05, 4.69) is 16.7 Å². The lowest BCUT2D eigenvalue weighted by molar-refractivity contribution is -0.137. The molecule has 7 heteroatoms. The van der Waals surface area contributed by atoms with Crippen molar-refractivity contribution in [3.63, 3.8) is 0 Å². The second-order valence-electron chi connectivity index (χ2n) is 11.8. The normalized spacial score (nSPS) is 34.1. The number of carbonyl (C=O) groups excluding carboxylic acids is 2. The van der Waals surface area contributed by atoms with Gasteiger partial charge in [-0.1, -0.05) is 18.2 Å². The lowest BCUT2D eigenvalue weighted by Gasteiger charge is -2.55. The highest BCUT2D eigenvalue weighted by atomic mass is 16.4. The van der Waals surface area contributed by atoms with Crippen LogP contribution in [0.25, 0.3) is 0 Å². The average molecular weight is 480 g/mol. The monoisotopic (exact) mass is 479 g/mol. The smallest absolute Gasteiger partial charge is 0.303 e. The Hall–Kier alpha value is -2.41. The maximum atomic E-state index is 14.3. The van der Waals surface area contributed by atoms with Crippen molar-refractivity contribution in [1.82, 2.24) is 10.6 Å². The summed E-state index contributed by atoms with van der Waals surface area (Å²) in [5.41, 5.74) is 1.53. The molecular formula is C28H37N3O4. The summed E-state index contributed by atoms with van der Waals surface area (Å²) in [6.45, 7) is 1.63. The van der Waals surface area contributed by atoms with Crippen LogP contribution in [-0.4, -0.2) is 48.1 Å². The third-order valence-corrected chi connectivity index (χ3v) is 9.81. The van der Waals surface area contributed by atoms with Gasteiger partial charge in [0.1, 0.15) is 6.04 Å². The van der Waals surface area contributed by atoms with E-state index in [4.69, 9.17) is 5.11 Å². The van der Waals surface area contributed by atoms with E-state index in [1.165, 1.54) is 32.1 Å². The number of hydrogen-bond acceptors (Lipinski definition) is 4. The van der Waals surface area contributed by atoms with Crippen molar-refractivity contribution in [3.8, 4) is 0 Å². The number of nitrogens with zero attached hydrogens (tertiary/aromatic N) is 1. The standard InChI is InChI=1S/C28H37N3O4/c32-23(6-3-7-24(33)34)31-22-5-2-1-4-21(22)28(8-10-29-11-9-28)26(31)27(35)30-25-19-13-17-12-18(15-19)16-20(25)14-17/h1-2,4-5,17-20,25-26,29H,3,6-16H2,(H,30,35)(H,33,34)/t17?,18?,19?,20?,25?,26-/m0/s1. The minimum Gasteiger partial charge on any atom is -0.481 e. The minimum atomic E-state index is -0.898. The summed E-state index contributed by atoms with van der Waals surface area (Å²) in [4.78, 5) is 40.7. The average Bonchev–Trinajstić information content (AvgIpc) is 3.11. The number of para-hydroxylation sites is 1. The molecule has 2 heterocycles. The fourth-order valence-corrected chi connectivity index (χ4v) is 8.62. The van der Waals surface area contributed by atoms with E-state index < -0.39 is 17.4 Å². The van der Waals surface area contributed by atoms with Crippen molar-refractivity contribution in [2.24, 2.45) is 23.7 Å². The van der Waals surface area contributed by atoms with Gasteiger partial charge in [-0.05, 0) is 99.8 Å². The van der Waals surface area contributed by atoms with Crippen LogP contribution in [0.3, 0.4) is 0 Å². The van der Waals surface area contributed by atoms with Crippen LogP contribution in [0.5, 0.6) is 0 Å². The second-order valence-corrected chi connectivity index (χ2v) is 11.8. The molecule has 1 spiro atoms. The fourth-order valence-electron chi connectivity index (χ4n) is 8.62. The number of hydrogen-bond donors (Lipinski definition) is 3. The Morgan fingerprint density at radius 3 is 2.29 bits per heavy atom.